The predicted octanol–water partition coefficient (Wildman–Crippen LogP) is 4.48. The van der Waals surface area contributed by atoms with E-state index in [2.05, 4.69) is 15.6 Å². The Hall–Kier alpha value is -3.56. The minimum absolute atomic E-state index is 0.132. The molecule has 1 aliphatic rings. The zero-order valence-corrected chi connectivity index (χ0v) is 23.8. The molecule has 1 aromatic heterocycles. The number of aromatic nitrogens is 1. The van der Waals surface area contributed by atoms with Crippen LogP contribution >= 0.6 is 11.3 Å². The summed E-state index contributed by atoms with van der Waals surface area (Å²) in [5.74, 6) is -0.236. The smallest absolute Gasteiger partial charge is 0.254 e. The minimum atomic E-state index is -0.843. The lowest BCUT2D eigenvalue weighted by molar-refractivity contribution is -0.122. The van der Waals surface area contributed by atoms with Crippen LogP contribution < -0.4 is 15.4 Å². The average Bonchev–Trinajstić information content (AvgIpc) is 3.37. The number of nitrogens with zero attached hydrogens (tertiary/aromatic N) is 2. The van der Waals surface area contributed by atoms with Gasteiger partial charge in [-0.15, -0.1) is 11.3 Å². The van der Waals surface area contributed by atoms with Crippen LogP contribution in [0.1, 0.15) is 75.3 Å². The second-order valence-corrected chi connectivity index (χ2v) is 10.8. The van der Waals surface area contributed by atoms with Gasteiger partial charge >= 0.3 is 0 Å². The molecular formula is C30H36N4O4S. The number of hydrogen-bond acceptors (Lipinski definition) is 7. The average molecular weight is 549 g/mol. The number of benzene rings is 2. The number of rotatable bonds is 11. The number of carbonyl (C=O) groups is 3. The fourth-order valence-electron chi connectivity index (χ4n) is 4.63. The highest BCUT2D eigenvalue weighted by Crippen LogP contribution is 2.31. The van der Waals surface area contributed by atoms with Gasteiger partial charge in [-0.05, 0) is 57.4 Å². The highest BCUT2D eigenvalue weighted by atomic mass is 32.1. The molecular weight excluding hydrogens is 512 g/mol. The molecule has 0 saturated heterocycles. The molecule has 2 amide bonds. The van der Waals surface area contributed by atoms with Crippen molar-refractivity contribution >= 4 is 28.9 Å². The Bertz CT molecular complexity index is 1320. The fraction of sp³-hybridized carbons (Fsp3) is 0.400. The van der Waals surface area contributed by atoms with E-state index in [1.54, 1.807) is 24.1 Å². The van der Waals surface area contributed by atoms with E-state index >= 15 is 0 Å². The van der Waals surface area contributed by atoms with Gasteiger partial charge in [-0.1, -0.05) is 37.3 Å². The number of Topliss-reactive ketones (excluding diaryl/α,β-unsaturated/α-hetero) is 1. The van der Waals surface area contributed by atoms with Crippen LogP contribution in [0.4, 0.5) is 0 Å². The Morgan fingerprint density at radius 1 is 1.18 bits per heavy atom. The molecule has 2 unspecified atom stereocenters. The molecule has 0 spiro atoms. The van der Waals surface area contributed by atoms with E-state index in [-0.39, 0.29) is 17.3 Å². The van der Waals surface area contributed by atoms with Crippen molar-refractivity contribution in [3.05, 3.63) is 80.8 Å². The minimum Gasteiger partial charge on any atom is -0.493 e. The van der Waals surface area contributed by atoms with E-state index in [9.17, 15) is 14.4 Å². The van der Waals surface area contributed by atoms with E-state index in [1.165, 1.54) is 11.3 Å². The van der Waals surface area contributed by atoms with Crippen molar-refractivity contribution < 1.29 is 19.1 Å². The lowest BCUT2D eigenvalue weighted by Crippen LogP contribution is -2.43. The third kappa shape index (κ3) is 6.91. The van der Waals surface area contributed by atoms with Crippen molar-refractivity contribution in [2.24, 2.45) is 0 Å². The van der Waals surface area contributed by atoms with Gasteiger partial charge in [0.05, 0.1) is 19.2 Å². The van der Waals surface area contributed by atoms with Gasteiger partial charge in [0.1, 0.15) is 16.8 Å². The molecule has 4 rings (SSSR count). The second kappa shape index (κ2) is 13.0. The standard InChI is InChI=1S/C30H36N4O4S/c1-5-13-31-20(3)28(35)27(21-10-7-6-8-11-21)33-29(36)22-15-24(23-12-9-14-38-25(23)16-22)30(37)34(4)17-26-32-19(2)18-39-26/h6-8,10-11,15-16,18,20,27,31H,5,9,12-14,17H2,1-4H3,(H,33,36). The van der Waals surface area contributed by atoms with Gasteiger partial charge in [0.25, 0.3) is 11.8 Å². The molecule has 9 heteroatoms. The normalized spacial score (nSPS) is 14.1. The van der Waals surface area contributed by atoms with Gasteiger partial charge in [0.2, 0.25) is 0 Å². The third-order valence-electron chi connectivity index (χ3n) is 6.74. The molecule has 2 heterocycles. The lowest BCUT2D eigenvalue weighted by atomic mass is 9.95. The SMILES string of the molecule is CCCNC(C)C(=O)C(NC(=O)c1cc2c(c(C(=O)N(C)Cc3nc(C)cs3)c1)CCCO2)c1ccccc1. The van der Waals surface area contributed by atoms with Gasteiger partial charge in [-0.25, -0.2) is 4.98 Å². The summed E-state index contributed by atoms with van der Waals surface area (Å²) in [5, 5.41) is 8.95. The molecule has 2 N–H and O–H groups in total. The number of fused-ring (bicyclic) bond motifs is 1. The molecule has 3 aromatic rings. The summed E-state index contributed by atoms with van der Waals surface area (Å²) in [6.07, 6.45) is 2.37. The number of aryl methyl sites for hydroxylation is 1. The first-order valence-electron chi connectivity index (χ1n) is 13.4. The first-order valence-corrected chi connectivity index (χ1v) is 14.3. The second-order valence-electron chi connectivity index (χ2n) is 9.89. The number of hydrogen-bond donors (Lipinski definition) is 2. The maximum Gasteiger partial charge on any atom is 0.254 e. The highest BCUT2D eigenvalue weighted by molar-refractivity contribution is 7.09. The van der Waals surface area contributed by atoms with Crippen LogP contribution in [0.25, 0.3) is 0 Å². The van der Waals surface area contributed by atoms with Crippen molar-refractivity contribution in [2.75, 3.05) is 20.2 Å². The zero-order chi connectivity index (χ0) is 27.9. The fourth-order valence-corrected chi connectivity index (χ4v) is 5.45. The van der Waals surface area contributed by atoms with Crippen LogP contribution in [0, 0.1) is 6.92 Å². The summed E-state index contributed by atoms with van der Waals surface area (Å²) in [7, 11) is 1.73. The third-order valence-corrected chi connectivity index (χ3v) is 7.69. The molecule has 206 valence electrons. The molecule has 0 fully saturated rings. The molecule has 8 nitrogen and oxygen atoms in total. The number of thiazole rings is 1. The van der Waals surface area contributed by atoms with Crippen molar-refractivity contribution in [3.63, 3.8) is 0 Å². The van der Waals surface area contributed by atoms with Gasteiger partial charge < -0.3 is 20.3 Å². The van der Waals surface area contributed by atoms with Crippen molar-refractivity contribution in [1.82, 2.24) is 20.5 Å². The Balaban J connectivity index is 1.63. The van der Waals surface area contributed by atoms with E-state index in [0.717, 1.165) is 29.1 Å². The van der Waals surface area contributed by atoms with Crippen LogP contribution in [0.3, 0.4) is 0 Å². The number of ketones is 1. The summed E-state index contributed by atoms with van der Waals surface area (Å²) in [6.45, 7) is 7.36. The molecule has 2 aromatic carbocycles. The maximum absolute atomic E-state index is 13.6. The lowest BCUT2D eigenvalue weighted by Gasteiger charge is -2.25. The Labute approximate surface area is 233 Å². The number of nitrogens with one attached hydrogen (secondary N) is 2. The Morgan fingerprint density at radius 2 is 1.95 bits per heavy atom. The molecule has 0 radical (unpaired) electrons. The molecule has 0 saturated carbocycles. The van der Waals surface area contributed by atoms with Gasteiger partial charge in [0.15, 0.2) is 5.78 Å². The molecule has 1 aliphatic heterocycles. The molecule has 2 atom stereocenters. The summed E-state index contributed by atoms with van der Waals surface area (Å²) in [4.78, 5) is 46.7. The molecule has 39 heavy (non-hydrogen) atoms. The van der Waals surface area contributed by atoms with E-state index < -0.39 is 18.0 Å². The Morgan fingerprint density at radius 3 is 2.64 bits per heavy atom. The van der Waals surface area contributed by atoms with Crippen LogP contribution in [0.2, 0.25) is 0 Å². The number of amides is 2. The molecule has 0 aliphatic carbocycles. The zero-order valence-electron chi connectivity index (χ0n) is 23.0. The highest BCUT2D eigenvalue weighted by Gasteiger charge is 2.29. The Kier molecular flexibility index (Phi) is 9.48. The van der Waals surface area contributed by atoms with Crippen molar-refractivity contribution in [1.29, 1.82) is 0 Å². The van der Waals surface area contributed by atoms with Crippen LogP contribution in [0.15, 0.2) is 47.8 Å². The number of ether oxygens (including phenoxy) is 1. The summed E-state index contributed by atoms with van der Waals surface area (Å²) in [6, 6.07) is 11.2. The predicted molar refractivity (Wildman–Crippen MR) is 152 cm³/mol. The summed E-state index contributed by atoms with van der Waals surface area (Å²) >= 11 is 1.51. The molecule has 0 bridgehead atoms. The quantitative estimate of drug-likeness (QED) is 0.367. The van der Waals surface area contributed by atoms with Crippen LogP contribution in [-0.2, 0) is 17.8 Å². The number of carbonyl (C=O) groups excluding carboxylic acids is 3. The van der Waals surface area contributed by atoms with Crippen LogP contribution in [-0.4, -0.2) is 53.7 Å². The summed E-state index contributed by atoms with van der Waals surface area (Å²) < 4.78 is 5.89. The van der Waals surface area contributed by atoms with E-state index in [1.807, 2.05) is 56.5 Å². The van der Waals surface area contributed by atoms with Crippen molar-refractivity contribution in [2.45, 2.75) is 58.7 Å². The first kappa shape index (κ1) is 28.4. The van der Waals surface area contributed by atoms with Crippen LogP contribution in [0.5, 0.6) is 5.75 Å². The van der Waals surface area contributed by atoms with E-state index in [4.69, 9.17) is 4.74 Å². The topological polar surface area (TPSA) is 101 Å². The van der Waals surface area contributed by atoms with Crippen molar-refractivity contribution in [3.8, 4) is 5.75 Å². The van der Waals surface area contributed by atoms with Gasteiger partial charge in [-0.3, -0.25) is 14.4 Å². The van der Waals surface area contributed by atoms with Gasteiger partial charge in [-0.2, -0.15) is 0 Å². The largest absolute Gasteiger partial charge is 0.493 e. The summed E-state index contributed by atoms with van der Waals surface area (Å²) in [5.41, 5.74) is 3.14. The van der Waals surface area contributed by atoms with Gasteiger partial charge in [0, 0.05) is 34.8 Å². The monoisotopic (exact) mass is 548 g/mol. The first-order chi connectivity index (χ1) is 18.8. The maximum atomic E-state index is 13.6. The van der Waals surface area contributed by atoms with E-state index in [0.29, 0.717) is 43.0 Å².